The summed E-state index contributed by atoms with van der Waals surface area (Å²) >= 11 is 12.8. The van der Waals surface area contributed by atoms with Gasteiger partial charge in [0.05, 0.1) is 28.6 Å². The van der Waals surface area contributed by atoms with Crippen LogP contribution in [0.2, 0.25) is 10.0 Å². The van der Waals surface area contributed by atoms with E-state index < -0.39 is 0 Å². The number of hydrogen-bond acceptors (Lipinski definition) is 5. The molecule has 2 aromatic heterocycles. The summed E-state index contributed by atoms with van der Waals surface area (Å²) in [5, 5.41) is 19.1. The van der Waals surface area contributed by atoms with Crippen LogP contribution < -0.4 is 5.32 Å². The van der Waals surface area contributed by atoms with Crippen molar-refractivity contribution in [2.75, 3.05) is 5.32 Å². The van der Waals surface area contributed by atoms with Gasteiger partial charge >= 0.3 is 0 Å². The Morgan fingerprint density at radius 1 is 1.20 bits per heavy atom. The maximum atomic E-state index is 11.2. The fourth-order valence-electron chi connectivity index (χ4n) is 3.69. The van der Waals surface area contributed by atoms with Crippen LogP contribution in [0.5, 0.6) is 0 Å². The predicted octanol–water partition coefficient (Wildman–Crippen LogP) is 5.48. The molecule has 0 bridgehead atoms. The first-order valence-corrected chi connectivity index (χ1v) is 10.9. The van der Waals surface area contributed by atoms with Crippen LogP contribution >= 0.6 is 23.2 Å². The molecular formula is C22H26Cl2N4O2. The second-order valence-electron chi connectivity index (χ2n) is 7.22. The van der Waals surface area contributed by atoms with Crippen molar-refractivity contribution in [1.82, 2.24) is 14.6 Å². The van der Waals surface area contributed by atoms with E-state index in [1.54, 1.807) is 16.6 Å². The number of aliphatic hydroxyl groups is 1. The van der Waals surface area contributed by atoms with Crippen LogP contribution in [0.1, 0.15) is 60.9 Å². The summed E-state index contributed by atoms with van der Waals surface area (Å²) < 4.78 is 1.74. The van der Waals surface area contributed by atoms with Crippen LogP contribution in [0.25, 0.3) is 16.8 Å². The molecule has 0 aliphatic rings. The summed E-state index contributed by atoms with van der Waals surface area (Å²) in [6.07, 6.45) is 3.22. The normalized spacial score (nSPS) is 11.5. The molecular weight excluding hydrogens is 423 g/mol. The van der Waals surface area contributed by atoms with Crippen LogP contribution in [-0.4, -0.2) is 32.0 Å². The fourth-order valence-corrected chi connectivity index (χ4v) is 4.16. The van der Waals surface area contributed by atoms with E-state index in [2.05, 4.69) is 19.2 Å². The molecule has 1 aromatic carbocycles. The first-order valence-electron chi connectivity index (χ1n) is 10.1. The van der Waals surface area contributed by atoms with E-state index in [4.69, 9.17) is 33.3 Å². The maximum absolute atomic E-state index is 11.2. The van der Waals surface area contributed by atoms with Crippen molar-refractivity contribution < 1.29 is 9.90 Å². The molecule has 6 nitrogen and oxygen atoms in total. The molecule has 0 spiro atoms. The molecule has 160 valence electrons. The van der Waals surface area contributed by atoms with Gasteiger partial charge in [0.15, 0.2) is 11.9 Å². The number of nitrogens with one attached hydrogen (secondary N) is 1. The van der Waals surface area contributed by atoms with E-state index in [9.17, 15) is 9.90 Å². The zero-order valence-corrected chi connectivity index (χ0v) is 19.1. The van der Waals surface area contributed by atoms with Crippen molar-refractivity contribution in [3.8, 4) is 11.1 Å². The average molecular weight is 449 g/mol. The number of aldehydes is 1. The average Bonchev–Trinajstić information content (AvgIpc) is 3.07. The molecule has 30 heavy (non-hydrogen) atoms. The number of fused-ring (bicyclic) bond motifs is 1. The van der Waals surface area contributed by atoms with Gasteiger partial charge in [0, 0.05) is 27.8 Å². The lowest BCUT2D eigenvalue weighted by molar-refractivity contribution is 0.112. The minimum atomic E-state index is -0.135. The predicted molar refractivity (Wildman–Crippen MR) is 122 cm³/mol. The van der Waals surface area contributed by atoms with Crippen molar-refractivity contribution in [2.24, 2.45) is 0 Å². The quantitative estimate of drug-likeness (QED) is 0.446. The Labute approximate surface area is 186 Å². The highest BCUT2D eigenvalue weighted by Gasteiger charge is 2.23. The molecule has 0 saturated carbocycles. The molecule has 3 rings (SSSR count). The molecule has 2 heterocycles. The van der Waals surface area contributed by atoms with Crippen LogP contribution in [0.15, 0.2) is 12.1 Å². The largest absolute Gasteiger partial charge is 0.391 e. The Hall–Kier alpha value is -2.15. The highest BCUT2D eigenvalue weighted by molar-refractivity contribution is 6.37. The Balaban J connectivity index is 2.35. The Morgan fingerprint density at radius 3 is 2.47 bits per heavy atom. The molecule has 3 aromatic rings. The molecule has 0 atom stereocenters. The summed E-state index contributed by atoms with van der Waals surface area (Å²) in [4.78, 5) is 16.0. The smallest absolute Gasteiger partial charge is 0.165 e. The number of benzene rings is 1. The summed E-state index contributed by atoms with van der Waals surface area (Å²) in [6, 6.07) is 3.48. The van der Waals surface area contributed by atoms with Gasteiger partial charge in [-0.3, -0.25) is 4.79 Å². The van der Waals surface area contributed by atoms with Gasteiger partial charge in [-0.1, -0.05) is 44.0 Å². The van der Waals surface area contributed by atoms with Gasteiger partial charge in [-0.2, -0.15) is 9.61 Å². The third-order valence-electron chi connectivity index (χ3n) is 5.43. The summed E-state index contributed by atoms with van der Waals surface area (Å²) in [5.41, 5.74) is 4.65. The van der Waals surface area contributed by atoms with E-state index >= 15 is 0 Å². The number of carbonyl (C=O) groups excluding carboxylic acids is 1. The molecule has 0 amide bonds. The van der Waals surface area contributed by atoms with Crippen molar-refractivity contribution >= 4 is 41.0 Å². The molecule has 0 aliphatic carbocycles. The number of aliphatic hydroxyl groups excluding tert-OH is 1. The van der Waals surface area contributed by atoms with E-state index in [0.717, 1.165) is 41.2 Å². The molecule has 0 unspecified atom stereocenters. The third-order valence-corrected chi connectivity index (χ3v) is 6.07. The second kappa shape index (κ2) is 9.33. The third kappa shape index (κ3) is 3.92. The van der Waals surface area contributed by atoms with Gasteiger partial charge in [0.25, 0.3) is 0 Å². The second-order valence-corrected chi connectivity index (χ2v) is 8.04. The van der Waals surface area contributed by atoms with E-state index in [1.807, 2.05) is 13.8 Å². The lowest BCUT2D eigenvalue weighted by atomic mass is 10.0. The van der Waals surface area contributed by atoms with Crippen molar-refractivity contribution in [1.29, 1.82) is 0 Å². The lowest BCUT2D eigenvalue weighted by Crippen LogP contribution is -2.22. The number of nitrogens with zero attached hydrogens (tertiary/aromatic N) is 3. The number of rotatable bonds is 8. The zero-order valence-electron chi connectivity index (χ0n) is 17.6. The van der Waals surface area contributed by atoms with Crippen molar-refractivity contribution in [3.63, 3.8) is 0 Å². The molecule has 0 fully saturated rings. The van der Waals surface area contributed by atoms with Gasteiger partial charge < -0.3 is 10.4 Å². The van der Waals surface area contributed by atoms with Crippen LogP contribution in [0.4, 0.5) is 5.82 Å². The highest BCUT2D eigenvalue weighted by Crippen LogP contribution is 2.38. The number of aryl methyl sites for hydroxylation is 2. The topological polar surface area (TPSA) is 79.5 Å². The lowest BCUT2D eigenvalue weighted by Gasteiger charge is -2.21. The van der Waals surface area contributed by atoms with E-state index in [1.165, 1.54) is 0 Å². The van der Waals surface area contributed by atoms with Crippen LogP contribution in [-0.2, 0) is 13.0 Å². The SMILES string of the molecule is CCc1nc2c(-c3cc(Cl)c(C=O)cc3Cl)c(C)nn2c(NC(CC)CC)c1CO. The Bertz CT molecular complexity index is 1090. The number of hydrogen-bond donors (Lipinski definition) is 2. The molecule has 2 N–H and O–H groups in total. The Morgan fingerprint density at radius 2 is 1.90 bits per heavy atom. The Kier molecular flexibility index (Phi) is 7.01. The minimum absolute atomic E-state index is 0.135. The van der Waals surface area contributed by atoms with Gasteiger partial charge in [-0.05, 0) is 38.3 Å². The molecule has 0 saturated heterocycles. The number of aromatic nitrogens is 3. The summed E-state index contributed by atoms with van der Waals surface area (Å²) in [5.74, 6) is 0.745. The van der Waals surface area contributed by atoms with Crippen LogP contribution in [0.3, 0.4) is 0 Å². The van der Waals surface area contributed by atoms with E-state index in [-0.39, 0.29) is 12.6 Å². The number of anilines is 1. The number of carbonyl (C=O) groups is 1. The fraction of sp³-hybridized carbons (Fsp3) is 0.409. The van der Waals surface area contributed by atoms with Crippen molar-refractivity contribution in [2.45, 2.75) is 59.6 Å². The van der Waals surface area contributed by atoms with Gasteiger partial charge in [0.1, 0.15) is 5.82 Å². The first-order chi connectivity index (χ1) is 14.4. The highest BCUT2D eigenvalue weighted by atomic mass is 35.5. The van der Waals surface area contributed by atoms with E-state index in [0.29, 0.717) is 39.5 Å². The molecule has 8 heteroatoms. The zero-order chi connectivity index (χ0) is 22.0. The minimum Gasteiger partial charge on any atom is -0.391 e. The number of halogens is 2. The van der Waals surface area contributed by atoms with Crippen LogP contribution in [0, 0.1) is 6.92 Å². The first kappa shape index (κ1) is 22.5. The maximum Gasteiger partial charge on any atom is 0.165 e. The summed E-state index contributed by atoms with van der Waals surface area (Å²) in [6.45, 7) is 7.99. The monoisotopic (exact) mass is 448 g/mol. The molecule has 0 aliphatic heterocycles. The molecule has 0 radical (unpaired) electrons. The van der Waals surface area contributed by atoms with Crippen molar-refractivity contribution in [3.05, 3.63) is 44.7 Å². The van der Waals surface area contributed by atoms with Gasteiger partial charge in [-0.25, -0.2) is 4.98 Å². The van der Waals surface area contributed by atoms with Gasteiger partial charge in [-0.15, -0.1) is 0 Å². The standard InChI is InChI=1S/C22H26Cl2N4O2/c1-5-14(6-2)25-21-16(11-30)19(7-3)26-22-20(12(4)27-28(21)22)15-9-17(23)13(10-29)8-18(15)24/h8-10,14,25,30H,5-7,11H2,1-4H3. The van der Waals surface area contributed by atoms with Gasteiger partial charge in [0.2, 0.25) is 0 Å². The summed E-state index contributed by atoms with van der Waals surface area (Å²) in [7, 11) is 0.